The molecular weight excluding hydrogens is 338 g/mol. The molecule has 0 spiro atoms. The zero-order valence-corrected chi connectivity index (χ0v) is 15.5. The van der Waals surface area contributed by atoms with E-state index in [2.05, 4.69) is 10.3 Å². The molecule has 7 heteroatoms. The Morgan fingerprint density at radius 1 is 1.36 bits per heavy atom. The van der Waals surface area contributed by atoms with Crippen LogP contribution in [0.15, 0.2) is 35.4 Å². The van der Waals surface area contributed by atoms with E-state index < -0.39 is 17.7 Å². The molecule has 2 aromatic rings. The van der Waals surface area contributed by atoms with Crippen LogP contribution >= 0.6 is 11.8 Å². The summed E-state index contributed by atoms with van der Waals surface area (Å²) in [6.07, 6.45) is 1.14. The number of thioether (sulfide) groups is 1. The molecule has 0 aliphatic carbocycles. The number of nitrogens with zero attached hydrogens (tertiary/aromatic N) is 2. The van der Waals surface area contributed by atoms with Gasteiger partial charge in [0.1, 0.15) is 11.6 Å². The fourth-order valence-electron chi connectivity index (χ4n) is 2.72. The van der Waals surface area contributed by atoms with Crippen molar-refractivity contribution in [2.45, 2.75) is 37.3 Å². The Morgan fingerprint density at radius 2 is 2.12 bits per heavy atom. The largest absolute Gasteiger partial charge is 0.444 e. The molecule has 6 nitrogen and oxygen atoms in total. The van der Waals surface area contributed by atoms with Gasteiger partial charge >= 0.3 is 6.09 Å². The van der Waals surface area contributed by atoms with Crippen LogP contribution in [-0.4, -0.2) is 41.4 Å². The highest BCUT2D eigenvalue weighted by Gasteiger charge is 2.32. The predicted octanol–water partition coefficient (Wildman–Crippen LogP) is 3.20. The quantitative estimate of drug-likeness (QED) is 0.847. The Hall–Kier alpha value is -2.28. The Morgan fingerprint density at radius 3 is 2.84 bits per heavy atom. The summed E-state index contributed by atoms with van der Waals surface area (Å²) in [5.41, 5.74) is 1.05. The number of hydrogen-bond donors (Lipinski definition) is 1. The van der Waals surface area contributed by atoms with Crippen LogP contribution in [0.5, 0.6) is 0 Å². The van der Waals surface area contributed by atoms with Crippen LogP contribution in [0.25, 0.3) is 10.9 Å². The normalized spacial score (nSPS) is 17.8. The zero-order chi connectivity index (χ0) is 18.2. The lowest BCUT2D eigenvalue weighted by molar-refractivity contribution is -0.119. The fraction of sp³-hybridized carbons (Fsp3) is 0.389. The molecule has 0 saturated heterocycles. The summed E-state index contributed by atoms with van der Waals surface area (Å²) in [7, 11) is 1.73. The topological polar surface area (TPSA) is 71.5 Å². The van der Waals surface area contributed by atoms with Crippen LogP contribution in [-0.2, 0) is 9.53 Å². The maximum Gasteiger partial charge on any atom is 0.408 e. The van der Waals surface area contributed by atoms with E-state index in [4.69, 9.17) is 4.74 Å². The first kappa shape index (κ1) is 17.5. The molecule has 1 aliphatic heterocycles. The lowest BCUT2D eigenvalue weighted by Gasteiger charge is -2.24. The minimum atomic E-state index is -0.649. The van der Waals surface area contributed by atoms with Crippen molar-refractivity contribution >= 4 is 40.4 Å². The van der Waals surface area contributed by atoms with Gasteiger partial charge in [0.25, 0.3) is 0 Å². The molecule has 1 aromatic carbocycles. The average molecular weight is 359 g/mol. The maximum atomic E-state index is 12.9. The van der Waals surface area contributed by atoms with Crippen LogP contribution in [0.3, 0.4) is 0 Å². The van der Waals surface area contributed by atoms with Crippen molar-refractivity contribution in [1.29, 1.82) is 0 Å². The van der Waals surface area contributed by atoms with Gasteiger partial charge < -0.3 is 15.0 Å². The second-order valence-electron chi connectivity index (χ2n) is 6.89. The number of pyridine rings is 1. The summed E-state index contributed by atoms with van der Waals surface area (Å²) in [6.45, 7) is 5.37. The van der Waals surface area contributed by atoms with Crippen LogP contribution < -0.4 is 10.2 Å². The SMILES string of the molecule is CN1C(=O)[C@@H](NC(=O)OC(C)(C)C)CSc2ccc3ncccc3c21. The van der Waals surface area contributed by atoms with Gasteiger partial charge in [0.2, 0.25) is 5.91 Å². The molecule has 1 atom stereocenters. The molecule has 2 amide bonds. The zero-order valence-electron chi connectivity index (χ0n) is 14.7. The summed E-state index contributed by atoms with van der Waals surface area (Å²) in [5, 5.41) is 3.61. The first-order chi connectivity index (χ1) is 11.8. The van der Waals surface area contributed by atoms with E-state index in [9.17, 15) is 9.59 Å². The summed E-state index contributed by atoms with van der Waals surface area (Å²) >= 11 is 1.54. The lowest BCUT2D eigenvalue weighted by Crippen LogP contribution is -2.49. The number of nitrogens with one attached hydrogen (secondary N) is 1. The standard InChI is InChI=1S/C18H21N3O3S/c1-18(2,3)24-17(23)20-13-10-25-14-8-7-12-11(6-5-9-19-12)15(14)21(4)16(13)22/h5-9,13H,10H2,1-4H3,(H,20,23)/t13-/m0/s1. The van der Waals surface area contributed by atoms with Gasteiger partial charge in [-0.25, -0.2) is 4.79 Å². The molecule has 2 heterocycles. The van der Waals surface area contributed by atoms with Crippen LogP contribution in [0.4, 0.5) is 10.5 Å². The van der Waals surface area contributed by atoms with Crippen molar-refractivity contribution in [2.75, 3.05) is 17.7 Å². The number of carbonyl (C=O) groups is 2. The van der Waals surface area contributed by atoms with E-state index in [0.29, 0.717) is 5.75 Å². The van der Waals surface area contributed by atoms with Crippen molar-refractivity contribution in [3.05, 3.63) is 30.5 Å². The van der Waals surface area contributed by atoms with Crippen molar-refractivity contribution in [3.63, 3.8) is 0 Å². The minimum Gasteiger partial charge on any atom is -0.444 e. The van der Waals surface area contributed by atoms with Crippen LogP contribution in [0.1, 0.15) is 20.8 Å². The van der Waals surface area contributed by atoms with Gasteiger partial charge in [-0.1, -0.05) is 0 Å². The molecule has 0 saturated carbocycles. The number of rotatable bonds is 1. The average Bonchev–Trinajstić information content (AvgIpc) is 2.65. The highest BCUT2D eigenvalue weighted by molar-refractivity contribution is 7.99. The van der Waals surface area contributed by atoms with E-state index in [1.165, 1.54) is 11.8 Å². The van der Waals surface area contributed by atoms with E-state index >= 15 is 0 Å². The second kappa shape index (κ2) is 6.55. The number of aromatic nitrogens is 1. The minimum absolute atomic E-state index is 0.173. The number of hydrogen-bond acceptors (Lipinski definition) is 5. The highest BCUT2D eigenvalue weighted by Crippen LogP contribution is 2.38. The number of anilines is 1. The van der Waals surface area contributed by atoms with E-state index in [-0.39, 0.29) is 5.91 Å². The van der Waals surface area contributed by atoms with Crippen molar-refractivity contribution < 1.29 is 14.3 Å². The maximum absolute atomic E-state index is 12.9. The van der Waals surface area contributed by atoms with Gasteiger partial charge in [-0.15, -0.1) is 11.8 Å². The highest BCUT2D eigenvalue weighted by atomic mass is 32.2. The fourth-order valence-corrected chi connectivity index (χ4v) is 3.84. The van der Waals surface area contributed by atoms with Crippen LogP contribution in [0, 0.1) is 0 Å². The molecule has 25 heavy (non-hydrogen) atoms. The molecule has 1 N–H and O–H groups in total. The number of amides is 2. The van der Waals surface area contributed by atoms with Gasteiger partial charge in [0.05, 0.1) is 11.2 Å². The Balaban J connectivity index is 1.89. The summed E-state index contributed by atoms with van der Waals surface area (Å²) in [4.78, 5) is 31.9. The third-order valence-electron chi connectivity index (χ3n) is 3.78. The molecular formula is C18H21N3O3S. The third kappa shape index (κ3) is 3.71. The molecule has 0 radical (unpaired) electrons. The molecule has 0 bridgehead atoms. The number of ether oxygens (including phenoxy) is 1. The Bertz CT molecular complexity index is 832. The van der Waals surface area contributed by atoms with Gasteiger partial charge in [0.15, 0.2) is 0 Å². The summed E-state index contributed by atoms with van der Waals surface area (Å²) in [5.74, 6) is 0.273. The first-order valence-electron chi connectivity index (χ1n) is 8.04. The summed E-state index contributed by atoms with van der Waals surface area (Å²) in [6, 6.07) is 7.07. The number of carbonyl (C=O) groups excluding carboxylic acids is 2. The molecule has 1 aromatic heterocycles. The van der Waals surface area contributed by atoms with E-state index in [1.807, 2.05) is 24.3 Å². The van der Waals surface area contributed by atoms with Gasteiger partial charge in [-0.3, -0.25) is 9.78 Å². The van der Waals surface area contributed by atoms with Gasteiger partial charge in [-0.2, -0.15) is 0 Å². The number of alkyl carbamates (subject to hydrolysis) is 1. The summed E-state index contributed by atoms with van der Waals surface area (Å²) < 4.78 is 5.27. The Labute approximate surface area is 150 Å². The van der Waals surface area contributed by atoms with Gasteiger partial charge in [-0.05, 0) is 45.0 Å². The molecule has 132 valence electrons. The van der Waals surface area contributed by atoms with Crippen LogP contribution in [0.2, 0.25) is 0 Å². The number of likely N-dealkylation sites (N-methyl/N-ethyl adjacent to an activating group) is 1. The molecule has 0 fully saturated rings. The monoisotopic (exact) mass is 359 g/mol. The van der Waals surface area contributed by atoms with E-state index in [0.717, 1.165) is 21.5 Å². The van der Waals surface area contributed by atoms with E-state index in [1.54, 1.807) is 38.9 Å². The number of fused-ring (bicyclic) bond motifs is 3. The smallest absolute Gasteiger partial charge is 0.408 e. The third-order valence-corrected chi connectivity index (χ3v) is 4.92. The van der Waals surface area contributed by atoms with Gasteiger partial charge in [0, 0.05) is 29.3 Å². The van der Waals surface area contributed by atoms with Crippen molar-refractivity contribution in [3.8, 4) is 0 Å². The van der Waals surface area contributed by atoms with Crippen molar-refractivity contribution in [2.24, 2.45) is 0 Å². The van der Waals surface area contributed by atoms with Crippen molar-refractivity contribution in [1.82, 2.24) is 10.3 Å². The molecule has 3 rings (SSSR count). The molecule has 1 aliphatic rings. The second-order valence-corrected chi connectivity index (χ2v) is 7.95. The predicted molar refractivity (Wildman–Crippen MR) is 99.0 cm³/mol. The lowest BCUT2D eigenvalue weighted by atomic mass is 10.1. The number of benzene rings is 1. The Kier molecular flexibility index (Phi) is 4.60. The molecule has 0 unspecified atom stereocenters. The first-order valence-corrected chi connectivity index (χ1v) is 9.02.